The second-order valence-electron chi connectivity index (χ2n) is 8.75. The number of nitrogens with zero attached hydrogens (tertiary/aromatic N) is 6. The van der Waals surface area contributed by atoms with Gasteiger partial charge in [0.15, 0.2) is 11.5 Å². The molecule has 0 unspecified atom stereocenters. The van der Waals surface area contributed by atoms with E-state index in [1.807, 2.05) is 35.4 Å². The first-order valence-electron chi connectivity index (χ1n) is 9.93. The number of hydrogen-bond donors (Lipinski definition) is 2. The lowest BCUT2D eigenvalue weighted by atomic mass is 9.75. The van der Waals surface area contributed by atoms with Crippen LogP contribution in [0.5, 0.6) is 0 Å². The van der Waals surface area contributed by atoms with Crippen LogP contribution in [0.2, 0.25) is 0 Å². The molecule has 2 aliphatic rings. The number of fused-ring (bicyclic) bond motifs is 1. The van der Waals surface area contributed by atoms with Crippen LogP contribution >= 0.6 is 0 Å². The molecular formula is C19H29N7O3. The van der Waals surface area contributed by atoms with E-state index in [-0.39, 0.29) is 11.9 Å². The maximum absolute atomic E-state index is 12.3. The van der Waals surface area contributed by atoms with Gasteiger partial charge in [0.25, 0.3) is 0 Å². The largest absolute Gasteiger partial charge is 0.388 e. The van der Waals surface area contributed by atoms with E-state index in [0.29, 0.717) is 49.6 Å². The van der Waals surface area contributed by atoms with Crippen LogP contribution in [0.4, 0.5) is 5.82 Å². The van der Waals surface area contributed by atoms with Gasteiger partial charge in [-0.1, -0.05) is 0 Å². The summed E-state index contributed by atoms with van der Waals surface area (Å²) >= 11 is 0. The van der Waals surface area contributed by atoms with Gasteiger partial charge in [-0.25, -0.2) is 15.0 Å². The fourth-order valence-electron chi connectivity index (χ4n) is 4.59. The number of carbonyl (C=O) groups excluding carboxylic acids is 1. The van der Waals surface area contributed by atoms with E-state index < -0.39 is 11.2 Å². The van der Waals surface area contributed by atoms with Crippen molar-refractivity contribution in [1.29, 1.82) is 0 Å². The number of aliphatic hydroxyl groups is 1. The highest BCUT2D eigenvalue weighted by molar-refractivity contribution is 5.81. The number of rotatable bonds is 3. The molecule has 10 heteroatoms. The average molecular weight is 403 g/mol. The number of aromatic nitrogens is 4. The van der Waals surface area contributed by atoms with Crippen molar-refractivity contribution in [3.63, 3.8) is 0 Å². The van der Waals surface area contributed by atoms with Crippen molar-refractivity contribution < 1.29 is 14.6 Å². The third-order valence-electron chi connectivity index (χ3n) is 6.15. The van der Waals surface area contributed by atoms with Gasteiger partial charge in [-0.05, 0) is 33.9 Å². The monoisotopic (exact) mass is 403 g/mol. The summed E-state index contributed by atoms with van der Waals surface area (Å²) in [5, 5.41) is 11.4. The molecular weight excluding hydrogens is 374 g/mol. The minimum atomic E-state index is -1.01. The Morgan fingerprint density at radius 1 is 1.34 bits per heavy atom. The van der Waals surface area contributed by atoms with Crippen LogP contribution < -0.4 is 5.73 Å². The number of nitrogens with two attached hydrogens (primary N) is 1. The molecule has 1 spiro atoms. The number of likely N-dealkylation sites (tertiary alicyclic amines) is 1. The van der Waals surface area contributed by atoms with Crippen molar-refractivity contribution in [3.05, 3.63) is 12.7 Å². The van der Waals surface area contributed by atoms with Crippen molar-refractivity contribution in [1.82, 2.24) is 29.3 Å². The lowest BCUT2D eigenvalue weighted by Crippen LogP contribution is -2.58. The topological polar surface area (TPSA) is 123 Å². The number of carbonyl (C=O) groups is 1. The van der Waals surface area contributed by atoms with Crippen molar-refractivity contribution >= 4 is 22.9 Å². The Balaban J connectivity index is 1.49. The molecule has 29 heavy (non-hydrogen) atoms. The molecule has 4 rings (SSSR count). The smallest absolute Gasteiger partial charge is 0.236 e. The molecule has 2 atom stereocenters. The molecule has 2 aliphatic heterocycles. The third kappa shape index (κ3) is 3.67. The standard InChI is InChI=1S/C19H29N7O3/c1-18(28)10-19(4-6-25(7-5-19)14(27)8-24(2)3)29-9-13(18)26-12-23-15-16(20)21-11-22-17(15)26/h11-13,28H,4-10H2,1-3H3,(H2,20,21,22)/t13-,18-/m1/s1. The highest BCUT2D eigenvalue weighted by Gasteiger charge is 2.50. The minimum Gasteiger partial charge on any atom is -0.388 e. The second kappa shape index (κ2) is 7.19. The second-order valence-corrected chi connectivity index (χ2v) is 8.75. The highest BCUT2D eigenvalue weighted by Crippen LogP contribution is 2.44. The number of hydrogen-bond acceptors (Lipinski definition) is 8. The molecule has 2 aromatic rings. The first-order chi connectivity index (χ1) is 13.7. The summed E-state index contributed by atoms with van der Waals surface area (Å²) in [4.78, 5) is 28.7. The number of amides is 1. The van der Waals surface area contributed by atoms with E-state index >= 15 is 0 Å². The molecule has 0 saturated carbocycles. The van der Waals surface area contributed by atoms with E-state index in [4.69, 9.17) is 10.5 Å². The van der Waals surface area contributed by atoms with Crippen LogP contribution in [0, 0.1) is 0 Å². The highest BCUT2D eigenvalue weighted by atomic mass is 16.5. The van der Waals surface area contributed by atoms with Gasteiger partial charge in [-0.2, -0.15) is 0 Å². The Labute approximate surface area is 169 Å². The number of likely N-dealkylation sites (N-methyl/N-ethyl adjacent to an activating group) is 1. The minimum absolute atomic E-state index is 0.132. The van der Waals surface area contributed by atoms with Crippen LogP contribution in [0.1, 0.15) is 32.2 Å². The van der Waals surface area contributed by atoms with E-state index in [1.165, 1.54) is 6.33 Å². The van der Waals surface area contributed by atoms with Crippen LogP contribution in [-0.2, 0) is 9.53 Å². The zero-order valence-electron chi connectivity index (χ0n) is 17.2. The van der Waals surface area contributed by atoms with Crippen LogP contribution in [-0.4, -0.2) is 91.9 Å². The Morgan fingerprint density at radius 3 is 2.72 bits per heavy atom. The van der Waals surface area contributed by atoms with E-state index in [1.54, 1.807) is 6.33 Å². The Hall–Kier alpha value is -2.30. The lowest BCUT2D eigenvalue weighted by Gasteiger charge is -2.51. The maximum atomic E-state index is 12.3. The van der Waals surface area contributed by atoms with Crippen molar-refractivity contribution in [2.75, 3.05) is 46.1 Å². The third-order valence-corrected chi connectivity index (χ3v) is 6.15. The molecule has 4 heterocycles. The number of piperidine rings is 1. The molecule has 1 amide bonds. The van der Waals surface area contributed by atoms with E-state index in [9.17, 15) is 9.90 Å². The van der Waals surface area contributed by atoms with Gasteiger partial charge in [0.05, 0.1) is 36.7 Å². The van der Waals surface area contributed by atoms with Crippen molar-refractivity contribution in [2.24, 2.45) is 0 Å². The zero-order valence-corrected chi connectivity index (χ0v) is 17.2. The van der Waals surface area contributed by atoms with Crippen LogP contribution in [0.3, 0.4) is 0 Å². The molecule has 2 aromatic heterocycles. The van der Waals surface area contributed by atoms with Gasteiger partial charge >= 0.3 is 0 Å². The first-order valence-corrected chi connectivity index (χ1v) is 9.93. The molecule has 0 radical (unpaired) electrons. The summed E-state index contributed by atoms with van der Waals surface area (Å²) in [6.07, 6.45) is 4.96. The van der Waals surface area contributed by atoms with E-state index in [0.717, 1.165) is 12.8 Å². The maximum Gasteiger partial charge on any atom is 0.236 e. The molecule has 10 nitrogen and oxygen atoms in total. The number of anilines is 1. The Morgan fingerprint density at radius 2 is 2.07 bits per heavy atom. The number of ether oxygens (including phenoxy) is 1. The molecule has 2 saturated heterocycles. The average Bonchev–Trinajstić information content (AvgIpc) is 3.06. The quantitative estimate of drug-likeness (QED) is 0.737. The summed E-state index contributed by atoms with van der Waals surface area (Å²) in [5.74, 6) is 0.448. The van der Waals surface area contributed by atoms with Gasteiger partial charge in [-0.15, -0.1) is 0 Å². The Kier molecular flexibility index (Phi) is 4.96. The predicted octanol–water partition coefficient (Wildman–Crippen LogP) is 0.0437. The van der Waals surface area contributed by atoms with Crippen LogP contribution in [0.15, 0.2) is 12.7 Å². The van der Waals surface area contributed by atoms with Crippen LogP contribution in [0.25, 0.3) is 11.2 Å². The molecule has 2 fully saturated rings. The summed E-state index contributed by atoms with van der Waals surface area (Å²) in [6, 6.07) is -0.333. The predicted molar refractivity (Wildman–Crippen MR) is 107 cm³/mol. The van der Waals surface area contributed by atoms with E-state index in [2.05, 4.69) is 15.0 Å². The van der Waals surface area contributed by atoms with Gasteiger partial charge in [0.1, 0.15) is 11.8 Å². The summed E-state index contributed by atoms with van der Waals surface area (Å²) in [5.41, 5.74) is 5.57. The molecule has 0 aromatic carbocycles. The number of nitrogen functional groups attached to an aromatic ring is 1. The van der Waals surface area contributed by atoms with Gasteiger partial charge in [0.2, 0.25) is 5.91 Å². The van der Waals surface area contributed by atoms with Gasteiger partial charge < -0.3 is 29.9 Å². The normalized spacial score (nSPS) is 27.1. The lowest BCUT2D eigenvalue weighted by molar-refractivity contribution is -0.197. The summed E-state index contributed by atoms with van der Waals surface area (Å²) in [6.45, 7) is 3.87. The summed E-state index contributed by atoms with van der Waals surface area (Å²) in [7, 11) is 3.78. The summed E-state index contributed by atoms with van der Waals surface area (Å²) < 4.78 is 8.16. The fraction of sp³-hybridized carbons (Fsp3) is 0.684. The van der Waals surface area contributed by atoms with Gasteiger partial charge in [-0.3, -0.25) is 4.79 Å². The molecule has 0 bridgehead atoms. The number of imidazole rings is 1. The molecule has 0 aliphatic carbocycles. The zero-order chi connectivity index (χ0) is 20.8. The molecule has 158 valence electrons. The first kappa shape index (κ1) is 20.0. The van der Waals surface area contributed by atoms with Gasteiger partial charge in [0, 0.05) is 19.5 Å². The van der Waals surface area contributed by atoms with Crippen molar-refractivity contribution in [2.45, 2.75) is 43.4 Å². The SMILES string of the molecule is CN(C)CC(=O)N1CCC2(CC1)C[C@@](C)(O)[C@H](n1cnc3c(N)ncnc31)CO2. The van der Waals surface area contributed by atoms with Crippen molar-refractivity contribution in [3.8, 4) is 0 Å². The Bertz CT molecular complexity index is 902. The molecule has 3 N–H and O–H groups in total. The fourth-order valence-corrected chi connectivity index (χ4v) is 4.59.